The number of nitrogens with one attached hydrogen (secondary N) is 3. The maximum atomic E-state index is 14.2. The molecule has 62 heavy (non-hydrogen) atoms. The van der Waals surface area contributed by atoms with Crippen molar-refractivity contribution in [3.05, 3.63) is 71.3 Å². The third-order valence-electron chi connectivity index (χ3n) is 10.4. The molecule has 2 aromatic carbocycles. The Kier molecular flexibility index (Phi) is 17.6. The Morgan fingerprint density at radius 2 is 1.15 bits per heavy atom. The SMILES string of the molecule is CC(C)(C)OC(=O)N[C@@H](CC(=O)N1CC[C@@H](NC(=O)C2CC2)C1)Cc1ccccc1F.N[C@@H](CC(=O)N1CC[C@@H](NC(=O)C2CC2)C1)Cc1ccccc1F.O=C(O)C(F)(F)F. The second kappa shape index (κ2) is 22.2. The van der Waals surface area contributed by atoms with Crippen LogP contribution in [0.4, 0.5) is 26.7 Å². The monoisotopic (exact) mass is 880 g/mol. The smallest absolute Gasteiger partial charge is 0.475 e. The first-order chi connectivity index (χ1) is 29.1. The van der Waals surface area contributed by atoms with Gasteiger partial charge in [-0.15, -0.1) is 0 Å². The third kappa shape index (κ3) is 17.2. The Morgan fingerprint density at radius 3 is 1.55 bits per heavy atom. The summed E-state index contributed by atoms with van der Waals surface area (Å²) in [5, 5.41) is 15.9. The van der Waals surface area contributed by atoms with E-state index in [2.05, 4.69) is 16.0 Å². The number of carboxylic acid groups (broad SMARTS) is 1. The number of hydrogen-bond acceptors (Lipinski definition) is 8. The van der Waals surface area contributed by atoms with Crippen molar-refractivity contribution in [1.82, 2.24) is 25.8 Å². The Morgan fingerprint density at radius 1 is 0.726 bits per heavy atom. The van der Waals surface area contributed by atoms with Crippen LogP contribution in [0.15, 0.2) is 48.5 Å². The largest absolute Gasteiger partial charge is 0.490 e. The summed E-state index contributed by atoms with van der Waals surface area (Å²) in [4.78, 5) is 73.6. The lowest BCUT2D eigenvalue weighted by Gasteiger charge is -2.25. The number of likely N-dealkylation sites (tertiary alicyclic amines) is 2. The summed E-state index contributed by atoms with van der Waals surface area (Å²) >= 11 is 0. The summed E-state index contributed by atoms with van der Waals surface area (Å²) in [5.41, 5.74) is 6.30. The van der Waals surface area contributed by atoms with E-state index in [9.17, 15) is 45.9 Å². The van der Waals surface area contributed by atoms with E-state index in [1.807, 2.05) is 0 Å². The zero-order valence-corrected chi connectivity index (χ0v) is 35.1. The highest BCUT2D eigenvalue weighted by atomic mass is 19.4. The van der Waals surface area contributed by atoms with E-state index in [1.165, 1.54) is 12.1 Å². The molecule has 342 valence electrons. The van der Waals surface area contributed by atoms with Crippen molar-refractivity contribution in [2.45, 2.75) is 121 Å². The number of ether oxygens (including phenoxy) is 1. The van der Waals surface area contributed by atoms with Gasteiger partial charge in [-0.25, -0.2) is 18.4 Å². The van der Waals surface area contributed by atoms with Crippen molar-refractivity contribution in [3.63, 3.8) is 0 Å². The number of alkyl carbamates (subject to hydrolysis) is 1. The fraction of sp³-hybridized carbons (Fsp3) is 0.581. The quantitative estimate of drug-likeness (QED) is 0.178. The van der Waals surface area contributed by atoms with Gasteiger partial charge in [0.25, 0.3) is 0 Å². The summed E-state index contributed by atoms with van der Waals surface area (Å²) < 4.78 is 64.9. The summed E-state index contributed by atoms with van der Waals surface area (Å²) in [7, 11) is 0. The van der Waals surface area contributed by atoms with Crippen LogP contribution < -0.4 is 21.7 Å². The number of amides is 5. The number of hydrogen-bond donors (Lipinski definition) is 5. The Balaban J connectivity index is 0.000000242. The molecule has 5 amide bonds. The first-order valence-electron chi connectivity index (χ1n) is 20.8. The van der Waals surface area contributed by atoms with Crippen molar-refractivity contribution < 1.29 is 60.6 Å². The van der Waals surface area contributed by atoms with E-state index < -0.39 is 35.9 Å². The predicted octanol–water partition coefficient (Wildman–Crippen LogP) is 4.62. The molecule has 14 nitrogen and oxygen atoms in total. The summed E-state index contributed by atoms with van der Waals surface area (Å²) in [5.74, 6) is -3.08. The molecule has 2 aliphatic carbocycles. The van der Waals surface area contributed by atoms with Gasteiger partial charge in [0, 0.05) is 75.0 Å². The predicted molar refractivity (Wildman–Crippen MR) is 216 cm³/mol. The van der Waals surface area contributed by atoms with E-state index in [1.54, 1.807) is 67.0 Å². The first kappa shape index (κ1) is 49.3. The van der Waals surface area contributed by atoms with Crippen LogP contribution in [-0.4, -0.2) is 113 Å². The number of carbonyl (C=O) groups is 6. The minimum absolute atomic E-state index is 0.0247. The first-order valence-corrected chi connectivity index (χ1v) is 20.8. The van der Waals surface area contributed by atoms with Gasteiger partial charge >= 0.3 is 18.2 Å². The van der Waals surface area contributed by atoms with Crippen LogP contribution in [0.1, 0.15) is 83.3 Å². The van der Waals surface area contributed by atoms with Gasteiger partial charge in [-0.1, -0.05) is 36.4 Å². The van der Waals surface area contributed by atoms with Gasteiger partial charge < -0.3 is 41.3 Å². The number of rotatable bonds is 13. The minimum atomic E-state index is -5.08. The van der Waals surface area contributed by atoms with Crippen LogP contribution in [0.3, 0.4) is 0 Å². The molecule has 0 radical (unpaired) electrons. The number of carbonyl (C=O) groups excluding carboxylic acids is 5. The van der Waals surface area contributed by atoms with E-state index >= 15 is 0 Å². The van der Waals surface area contributed by atoms with Gasteiger partial charge in [-0.2, -0.15) is 13.2 Å². The van der Waals surface area contributed by atoms with E-state index in [-0.39, 0.29) is 78.4 Å². The molecule has 0 bridgehead atoms. The third-order valence-corrected chi connectivity index (χ3v) is 10.4. The molecule has 4 aliphatic rings. The second-order valence-electron chi connectivity index (χ2n) is 17.1. The molecule has 19 heteroatoms. The van der Waals surface area contributed by atoms with Gasteiger partial charge in [0.05, 0.1) is 0 Å². The van der Waals surface area contributed by atoms with Crippen molar-refractivity contribution >= 4 is 35.7 Å². The molecule has 6 rings (SSSR count). The Labute approximate surface area is 357 Å². The standard InChI is InChI=1S/C23H32FN3O4.C18H24FN3O2.C2HF3O2/c1-23(2,3)31-22(30)26-18(12-16-6-4-5-7-19(16)24)13-20(28)27-11-10-17(14-27)25-21(29)15-8-9-15;19-16-4-2-1-3-13(16)9-14(20)10-17(23)22-8-7-15(11-22)21-18(24)12-5-6-12;3-2(4,5)1(6)7/h4-7,15,17-18H,8-14H2,1-3H3,(H,25,29)(H,26,30);1-4,12,14-15H,5-11,20H2,(H,21,24);(H,6,7)/t17-,18-;14-,15-;/m11./s1. The number of nitrogens with zero attached hydrogens (tertiary/aromatic N) is 2. The lowest BCUT2D eigenvalue weighted by molar-refractivity contribution is -0.192. The molecule has 6 N–H and O–H groups in total. The van der Waals surface area contributed by atoms with Gasteiger partial charge in [0.2, 0.25) is 23.6 Å². The van der Waals surface area contributed by atoms with Crippen LogP contribution >= 0.6 is 0 Å². The highest BCUT2D eigenvalue weighted by Crippen LogP contribution is 2.30. The van der Waals surface area contributed by atoms with Crippen LogP contribution in [0.5, 0.6) is 0 Å². The fourth-order valence-corrected chi connectivity index (χ4v) is 6.83. The van der Waals surface area contributed by atoms with E-state index in [0.717, 1.165) is 32.1 Å². The minimum Gasteiger partial charge on any atom is -0.475 e. The number of benzene rings is 2. The van der Waals surface area contributed by atoms with E-state index in [0.29, 0.717) is 50.1 Å². The summed E-state index contributed by atoms with van der Waals surface area (Å²) in [6.45, 7) is 7.45. The topological polar surface area (TPSA) is 200 Å². The zero-order chi connectivity index (χ0) is 45.8. The van der Waals surface area contributed by atoms with Crippen molar-refractivity contribution in [1.29, 1.82) is 0 Å². The molecular formula is C43H57F5N6O8. The van der Waals surface area contributed by atoms with Crippen molar-refractivity contribution in [3.8, 4) is 0 Å². The number of aliphatic carboxylic acids is 1. The Bertz CT molecular complexity index is 1890. The molecule has 2 aromatic rings. The molecule has 2 heterocycles. The van der Waals surface area contributed by atoms with Crippen molar-refractivity contribution in [2.75, 3.05) is 26.2 Å². The van der Waals surface area contributed by atoms with Crippen LogP contribution in [0.25, 0.3) is 0 Å². The molecule has 2 saturated heterocycles. The molecule has 4 fully saturated rings. The second-order valence-corrected chi connectivity index (χ2v) is 17.1. The maximum absolute atomic E-state index is 14.2. The van der Waals surface area contributed by atoms with Crippen molar-refractivity contribution in [2.24, 2.45) is 17.6 Å². The highest BCUT2D eigenvalue weighted by molar-refractivity contribution is 5.82. The Hall–Kier alpha value is -5.33. The lowest BCUT2D eigenvalue weighted by Crippen LogP contribution is -2.44. The van der Waals surface area contributed by atoms with Gasteiger partial charge in [0.15, 0.2) is 0 Å². The average molecular weight is 881 g/mol. The number of alkyl halides is 3. The summed E-state index contributed by atoms with van der Waals surface area (Å²) in [6, 6.07) is 11.8. The lowest BCUT2D eigenvalue weighted by atomic mass is 10.0. The molecular weight excluding hydrogens is 823 g/mol. The fourth-order valence-electron chi connectivity index (χ4n) is 6.83. The van der Waals surface area contributed by atoms with Crippen LogP contribution in [0, 0.1) is 23.5 Å². The molecule has 0 spiro atoms. The molecule has 2 aliphatic heterocycles. The zero-order valence-electron chi connectivity index (χ0n) is 35.1. The van der Waals surface area contributed by atoms with Crippen LogP contribution in [-0.2, 0) is 41.6 Å². The van der Waals surface area contributed by atoms with Gasteiger partial charge in [-0.05, 0) is 95.4 Å². The van der Waals surface area contributed by atoms with Gasteiger partial charge in [0.1, 0.15) is 17.2 Å². The van der Waals surface area contributed by atoms with Gasteiger partial charge in [-0.3, -0.25) is 19.2 Å². The number of carboxylic acids is 1. The van der Waals surface area contributed by atoms with E-state index in [4.69, 9.17) is 20.4 Å². The summed E-state index contributed by atoms with van der Waals surface area (Å²) in [6.07, 6.45) is 0.338. The normalized spacial score (nSPS) is 19.4. The highest BCUT2D eigenvalue weighted by Gasteiger charge is 2.38. The number of halogens is 5. The average Bonchev–Trinajstić information content (AvgIpc) is 4.11. The molecule has 0 aromatic heterocycles. The van der Waals surface area contributed by atoms with Crippen LogP contribution in [0.2, 0.25) is 0 Å². The number of nitrogens with two attached hydrogens (primary N) is 1. The maximum Gasteiger partial charge on any atom is 0.490 e. The molecule has 0 unspecified atom stereocenters. The molecule has 4 atom stereocenters. The molecule has 2 saturated carbocycles.